The molecule has 0 radical (unpaired) electrons. The Balaban J connectivity index is 1.77. The normalized spacial score (nSPS) is 11.5. The minimum absolute atomic E-state index is 0.223. The van der Waals surface area contributed by atoms with Crippen molar-refractivity contribution < 1.29 is 17.9 Å². The Morgan fingerprint density at radius 1 is 0.826 bits per heavy atom. The largest absolute Gasteiger partial charge is 0.484 e. The summed E-state index contributed by atoms with van der Waals surface area (Å²) in [5, 5.41) is 3.31. The molecule has 0 amide bonds. The monoisotopic (exact) mass is 323 g/mol. The first-order valence-electron chi connectivity index (χ1n) is 7.53. The van der Waals surface area contributed by atoms with E-state index in [0.29, 0.717) is 6.54 Å². The molecule has 0 aliphatic heterocycles. The van der Waals surface area contributed by atoms with E-state index in [9.17, 15) is 13.2 Å². The van der Waals surface area contributed by atoms with E-state index in [0.717, 1.165) is 18.5 Å². The predicted molar refractivity (Wildman–Crippen MR) is 84.4 cm³/mol. The number of rotatable bonds is 7. The second kappa shape index (κ2) is 8.02. The standard InChI is InChI=1S/C18H20F3NO/c1-2-14-3-5-15(6-4-14)11-22-12-16-7-9-17(10-8-16)23-13-18(19,20)21/h3-10,22H,2,11-13H2,1H3. The molecule has 0 fully saturated rings. The van der Waals surface area contributed by atoms with Gasteiger partial charge in [-0.1, -0.05) is 43.3 Å². The van der Waals surface area contributed by atoms with Crippen molar-refractivity contribution in [2.24, 2.45) is 0 Å². The number of ether oxygens (including phenoxy) is 1. The Morgan fingerprint density at radius 3 is 1.78 bits per heavy atom. The molecule has 2 aromatic rings. The molecular formula is C18H20F3NO. The molecule has 0 aliphatic carbocycles. The summed E-state index contributed by atoms with van der Waals surface area (Å²) in [6, 6.07) is 15.1. The van der Waals surface area contributed by atoms with Gasteiger partial charge in [0.25, 0.3) is 0 Å². The van der Waals surface area contributed by atoms with E-state index >= 15 is 0 Å². The summed E-state index contributed by atoms with van der Waals surface area (Å²) in [6.07, 6.45) is -3.29. The SMILES string of the molecule is CCc1ccc(CNCc2ccc(OCC(F)(F)F)cc2)cc1. The molecule has 0 bridgehead atoms. The zero-order chi connectivity index (χ0) is 16.7. The van der Waals surface area contributed by atoms with Gasteiger partial charge in [-0.3, -0.25) is 0 Å². The third-order valence-electron chi connectivity index (χ3n) is 3.42. The van der Waals surface area contributed by atoms with Crippen LogP contribution in [0.4, 0.5) is 13.2 Å². The van der Waals surface area contributed by atoms with E-state index in [2.05, 4.69) is 41.2 Å². The van der Waals surface area contributed by atoms with Gasteiger partial charge in [-0.25, -0.2) is 0 Å². The topological polar surface area (TPSA) is 21.3 Å². The van der Waals surface area contributed by atoms with Crippen molar-refractivity contribution in [3.63, 3.8) is 0 Å². The molecule has 0 aromatic heterocycles. The average molecular weight is 323 g/mol. The maximum Gasteiger partial charge on any atom is 0.422 e. The van der Waals surface area contributed by atoms with Crippen LogP contribution < -0.4 is 10.1 Å². The summed E-state index contributed by atoms with van der Waals surface area (Å²) in [7, 11) is 0. The van der Waals surface area contributed by atoms with Gasteiger partial charge >= 0.3 is 6.18 Å². The van der Waals surface area contributed by atoms with Crippen molar-refractivity contribution in [1.29, 1.82) is 0 Å². The van der Waals surface area contributed by atoms with Crippen molar-refractivity contribution in [3.8, 4) is 5.75 Å². The van der Waals surface area contributed by atoms with Crippen LogP contribution in [0, 0.1) is 0 Å². The Labute approximate surface area is 134 Å². The molecule has 1 N–H and O–H groups in total. The lowest BCUT2D eigenvalue weighted by molar-refractivity contribution is -0.153. The fraction of sp³-hybridized carbons (Fsp3) is 0.333. The minimum atomic E-state index is -4.31. The lowest BCUT2D eigenvalue weighted by Crippen LogP contribution is -2.19. The van der Waals surface area contributed by atoms with Crippen LogP contribution in [0.1, 0.15) is 23.6 Å². The van der Waals surface area contributed by atoms with Crippen molar-refractivity contribution in [2.75, 3.05) is 6.61 Å². The fourth-order valence-electron chi connectivity index (χ4n) is 2.11. The van der Waals surface area contributed by atoms with Crippen LogP contribution in [0.5, 0.6) is 5.75 Å². The number of nitrogens with one attached hydrogen (secondary N) is 1. The highest BCUT2D eigenvalue weighted by molar-refractivity contribution is 5.27. The average Bonchev–Trinajstić information content (AvgIpc) is 2.54. The van der Waals surface area contributed by atoms with Gasteiger partial charge in [0, 0.05) is 13.1 Å². The van der Waals surface area contributed by atoms with Gasteiger partial charge in [-0.2, -0.15) is 13.2 Å². The summed E-state index contributed by atoms with van der Waals surface area (Å²) in [5.74, 6) is 0.223. The van der Waals surface area contributed by atoms with Crippen molar-refractivity contribution >= 4 is 0 Å². The van der Waals surface area contributed by atoms with E-state index in [1.165, 1.54) is 11.1 Å². The maximum absolute atomic E-state index is 12.1. The van der Waals surface area contributed by atoms with Gasteiger partial charge in [-0.05, 0) is 35.2 Å². The Kier molecular flexibility index (Phi) is 6.04. The molecule has 0 saturated heterocycles. The number of aryl methyl sites for hydroxylation is 1. The second-order valence-corrected chi connectivity index (χ2v) is 5.32. The molecule has 2 nitrogen and oxygen atoms in total. The summed E-state index contributed by atoms with van der Waals surface area (Å²) in [4.78, 5) is 0. The van der Waals surface area contributed by atoms with Crippen LogP contribution in [0.15, 0.2) is 48.5 Å². The maximum atomic E-state index is 12.1. The van der Waals surface area contributed by atoms with Crippen LogP contribution in [0.25, 0.3) is 0 Å². The summed E-state index contributed by atoms with van der Waals surface area (Å²) < 4.78 is 40.9. The van der Waals surface area contributed by atoms with Gasteiger partial charge in [0.2, 0.25) is 0 Å². The van der Waals surface area contributed by atoms with Gasteiger partial charge in [0.1, 0.15) is 5.75 Å². The molecule has 2 aromatic carbocycles. The van der Waals surface area contributed by atoms with E-state index in [4.69, 9.17) is 0 Å². The highest BCUT2D eigenvalue weighted by atomic mass is 19.4. The first-order valence-corrected chi connectivity index (χ1v) is 7.53. The number of hydrogen-bond donors (Lipinski definition) is 1. The van der Waals surface area contributed by atoms with Gasteiger partial charge in [0.15, 0.2) is 6.61 Å². The minimum Gasteiger partial charge on any atom is -0.484 e. The summed E-state index contributed by atoms with van der Waals surface area (Å²) >= 11 is 0. The fourth-order valence-corrected chi connectivity index (χ4v) is 2.11. The molecule has 2 rings (SSSR count). The lowest BCUT2D eigenvalue weighted by Gasteiger charge is -2.10. The zero-order valence-corrected chi connectivity index (χ0v) is 13.0. The zero-order valence-electron chi connectivity index (χ0n) is 13.0. The molecular weight excluding hydrogens is 303 g/mol. The van der Waals surface area contributed by atoms with Crippen molar-refractivity contribution in [3.05, 3.63) is 65.2 Å². The number of alkyl halides is 3. The predicted octanol–water partition coefficient (Wildman–Crippen LogP) is 4.48. The van der Waals surface area contributed by atoms with E-state index in [1.54, 1.807) is 24.3 Å². The molecule has 0 heterocycles. The van der Waals surface area contributed by atoms with Gasteiger partial charge in [-0.15, -0.1) is 0 Å². The van der Waals surface area contributed by atoms with Gasteiger partial charge in [0.05, 0.1) is 0 Å². The summed E-state index contributed by atoms with van der Waals surface area (Å²) in [6.45, 7) is 2.25. The Hall–Kier alpha value is -2.01. The first-order chi connectivity index (χ1) is 11.0. The highest BCUT2D eigenvalue weighted by Gasteiger charge is 2.28. The Bertz CT molecular complexity index is 591. The summed E-state index contributed by atoms with van der Waals surface area (Å²) in [5.41, 5.74) is 3.50. The second-order valence-electron chi connectivity index (χ2n) is 5.32. The molecule has 0 unspecified atom stereocenters. The van der Waals surface area contributed by atoms with Crippen LogP contribution in [0.3, 0.4) is 0 Å². The molecule has 0 atom stereocenters. The molecule has 5 heteroatoms. The molecule has 0 saturated carbocycles. The lowest BCUT2D eigenvalue weighted by atomic mass is 10.1. The third-order valence-corrected chi connectivity index (χ3v) is 3.42. The first kappa shape index (κ1) is 17.3. The quantitative estimate of drug-likeness (QED) is 0.811. The molecule has 124 valence electrons. The molecule has 0 aliphatic rings. The number of benzene rings is 2. The van der Waals surface area contributed by atoms with Crippen molar-refractivity contribution in [2.45, 2.75) is 32.6 Å². The van der Waals surface area contributed by atoms with Crippen LogP contribution in [-0.4, -0.2) is 12.8 Å². The smallest absolute Gasteiger partial charge is 0.422 e. The van der Waals surface area contributed by atoms with Crippen molar-refractivity contribution in [1.82, 2.24) is 5.32 Å². The highest BCUT2D eigenvalue weighted by Crippen LogP contribution is 2.18. The number of hydrogen-bond acceptors (Lipinski definition) is 2. The molecule has 0 spiro atoms. The Morgan fingerprint density at radius 2 is 1.30 bits per heavy atom. The van der Waals surface area contributed by atoms with Crippen LogP contribution in [-0.2, 0) is 19.5 Å². The van der Waals surface area contributed by atoms with E-state index < -0.39 is 12.8 Å². The van der Waals surface area contributed by atoms with Gasteiger partial charge < -0.3 is 10.1 Å². The van der Waals surface area contributed by atoms with E-state index in [1.807, 2.05) is 0 Å². The van der Waals surface area contributed by atoms with Crippen LogP contribution >= 0.6 is 0 Å². The van der Waals surface area contributed by atoms with E-state index in [-0.39, 0.29) is 5.75 Å². The van der Waals surface area contributed by atoms with Crippen LogP contribution in [0.2, 0.25) is 0 Å². The number of halogens is 3. The third kappa shape index (κ3) is 6.32. The molecule has 23 heavy (non-hydrogen) atoms.